The maximum Gasteiger partial charge on any atom is 0.306 e. The van der Waals surface area contributed by atoms with Gasteiger partial charge in [-0.05, 0) is 57.8 Å². The van der Waals surface area contributed by atoms with Crippen LogP contribution in [0.25, 0.3) is 0 Å². The molecule has 0 radical (unpaired) electrons. The van der Waals surface area contributed by atoms with Crippen molar-refractivity contribution in [1.82, 2.24) is 0 Å². The van der Waals surface area contributed by atoms with Crippen molar-refractivity contribution in [1.29, 1.82) is 0 Å². The molecule has 0 spiro atoms. The molecule has 0 fully saturated rings. The average Bonchev–Trinajstić information content (AvgIpc) is 3.46. The maximum absolute atomic E-state index is 13.0. The zero-order valence-corrected chi connectivity index (χ0v) is 53.9. The van der Waals surface area contributed by atoms with Gasteiger partial charge in [0.2, 0.25) is 0 Å². The van der Waals surface area contributed by atoms with E-state index >= 15 is 0 Å². The Morgan fingerprint density at radius 3 is 0.762 bits per heavy atom. The van der Waals surface area contributed by atoms with E-state index in [1.165, 1.54) is 250 Å². The van der Waals surface area contributed by atoms with Gasteiger partial charge in [-0.15, -0.1) is 0 Å². The lowest BCUT2D eigenvalue weighted by Crippen LogP contribution is -2.30. The molecule has 0 rings (SSSR count). The topological polar surface area (TPSA) is 78.9 Å². The van der Waals surface area contributed by atoms with Gasteiger partial charge in [0, 0.05) is 19.3 Å². The number of hydrogen-bond acceptors (Lipinski definition) is 6. The lowest BCUT2D eigenvalue weighted by molar-refractivity contribution is -0.167. The lowest BCUT2D eigenvalue weighted by Gasteiger charge is -2.18. The fourth-order valence-corrected chi connectivity index (χ4v) is 10.8. The van der Waals surface area contributed by atoms with Gasteiger partial charge in [0.15, 0.2) is 6.10 Å². The highest BCUT2D eigenvalue weighted by molar-refractivity contribution is 5.71. The number of esters is 3. The van der Waals surface area contributed by atoms with Crippen LogP contribution in [-0.2, 0) is 28.6 Å². The molecular weight excluding hydrogens is 985 g/mol. The van der Waals surface area contributed by atoms with Crippen LogP contribution in [0.15, 0.2) is 48.6 Å². The molecule has 80 heavy (non-hydrogen) atoms. The van der Waals surface area contributed by atoms with Crippen LogP contribution < -0.4 is 0 Å². The first-order valence-electron chi connectivity index (χ1n) is 35.6. The summed E-state index contributed by atoms with van der Waals surface area (Å²) in [4.78, 5) is 38.5. The van der Waals surface area contributed by atoms with Gasteiger partial charge in [-0.2, -0.15) is 0 Å². The highest BCUT2D eigenvalue weighted by atomic mass is 16.6. The van der Waals surface area contributed by atoms with Gasteiger partial charge in [-0.1, -0.05) is 358 Å². The van der Waals surface area contributed by atoms with Crippen molar-refractivity contribution >= 4 is 17.9 Å². The summed E-state index contributed by atoms with van der Waals surface area (Å²) < 4.78 is 17.0. The summed E-state index contributed by atoms with van der Waals surface area (Å²) in [6.45, 7) is 6.59. The Kier molecular flexibility index (Phi) is 66.6. The zero-order chi connectivity index (χ0) is 57.8. The van der Waals surface area contributed by atoms with E-state index in [9.17, 15) is 14.4 Å². The van der Waals surface area contributed by atoms with E-state index < -0.39 is 6.10 Å². The minimum absolute atomic E-state index is 0.0756. The third-order valence-electron chi connectivity index (χ3n) is 16.1. The van der Waals surface area contributed by atoms with Crippen molar-refractivity contribution in [3.63, 3.8) is 0 Å². The molecule has 0 saturated heterocycles. The summed E-state index contributed by atoms with van der Waals surface area (Å²) in [6.07, 6.45) is 87.2. The van der Waals surface area contributed by atoms with Crippen LogP contribution >= 0.6 is 0 Å². The SMILES string of the molecule is CC/C=C\C/C=C\C/C=C\C/C=C\CCCCCCC(=O)OCC(COC(=O)CCCCCCCCCCCCCCCCCCCCCCCCCCCC)OC(=O)CCCCCCCCCCCCCCCCCCCCC. The molecule has 0 aromatic heterocycles. The second-order valence-electron chi connectivity index (χ2n) is 24.1. The molecule has 0 bridgehead atoms. The maximum atomic E-state index is 13.0. The Balaban J connectivity index is 4.28. The van der Waals surface area contributed by atoms with Crippen molar-refractivity contribution in [3.05, 3.63) is 48.6 Å². The molecule has 0 saturated carbocycles. The largest absolute Gasteiger partial charge is 0.462 e. The van der Waals surface area contributed by atoms with Crippen LogP contribution in [0.1, 0.15) is 387 Å². The zero-order valence-electron chi connectivity index (χ0n) is 53.9. The van der Waals surface area contributed by atoms with Crippen LogP contribution in [0.5, 0.6) is 0 Å². The van der Waals surface area contributed by atoms with E-state index in [2.05, 4.69) is 69.4 Å². The third-order valence-corrected chi connectivity index (χ3v) is 16.1. The number of unbranched alkanes of at least 4 members (excludes halogenated alkanes) is 47. The van der Waals surface area contributed by atoms with E-state index in [0.717, 1.165) is 96.3 Å². The first kappa shape index (κ1) is 77.4. The molecule has 468 valence electrons. The number of hydrogen-bond donors (Lipinski definition) is 0. The Morgan fingerprint density at radius 2 is 0.487 bits per heavy atom. The van der Waals surface area contributed by atoms with E-state index in [-0.39, 0.29) is 31.1 Å². The molecule has 0 amide bonds. The highest BCUT2D eigenvalue weighted by Crippen LogP contribution is 2.19. The van der Waals surface area contributed by atoms with Crippen LogP contribution in [0.2, 0.25) is 0 Å². The van der Waals surface area contributed by atoms with E-state index in [1.54, 1.807) is 0 Å². The number of carbonyl (C=O) groups excluding carboxylic acids is 3. The Bertz CT molecular complexity index is 1380. The Morgan fingerprint density at radius 1 is 0.263 bits per heavy atom. The summed E-state index contributed by atoms with van der Waals surface area (Å²) in [5.74, 6) is -0.871. The molecular formula is C74H136O6. The van der Waals surface area contributed by atoms with Gasteiger partial charge in [0.25, 0.3) is 0 Å². The molecule has 0 aromatic rings. The Labute approximate surface area is 498 Å². The smallest absolute Gasteiger partial charge is 0.306 e. The van der Waals surface area contributed by atoms with Crippen LogP contribution in [0, 0.1) is 0 Å². The number of ether oxygens (including phenoxy) is 3. The average molecular weight is 1120 g/mol. The number of carbonyl (C=O) groups is 3. The minimum atomic E-state index is -0.782. The van der Waals surface area contributed by atoms with Gasteiger partial charge in [-0.3, -0.25) is 14.4 Å². The van der Waals surface area contributed by atoms with Crippen molar-refractivity contribution in [2.24, 2.45) is 0 Å². The molecule has 0 aromatic carbocycles. The summed E-state index contributed by atoms with van der Waals surface area (Å²) in [6, 6.07) is 0. The van der Waals surface area contributed by atoms with Gasteiger partial charge >= 0.3 is 17.9 Å². The van der Waals surface area contributed by atoms with Crippen LogP contribution in [-0.4, -0.2) is 37.2 Å². The summed E-state index contributed by atoms with van der Waals surface area (Å²) in [5, 5.41) is 0. The quantitative estimate of drug-likeness (QED) is 0.0261. The molecule has 1 atom stereocenters. The van der Waals surface area contributed by atoms with Crippen molar-refractivity contribution in [2.75, 3.05) is 13.2 Å². The Hall–Kier alpha value is -2.63. The minimum Gasteiger partial charge on any atom is -0.462 e. The monoisotopic (exact) mass is 1120 g/mol. The summed E-state index contributed by atoms with van der Waals surface area (Å²) in [7, 11) is 0. The molecule has 6 nitrogen and oxygen atoms in total. The third kappa shape index (κ3) is 66.2. The predicted octanol–water partition coefficient (Wildman–Crippen LogP) is 24.5. The van der Waals surface area contributed by atoms with Crippen LogP contribution in [0.3, 0.4) is 0 Å². The van der Waals surface area contributed by atoms with Gasteiger partial charge in [0.05, 0.1) is 0 Å². The summed E-state index contributed by atoms with van der Waals surface area (Å²) in [5.41, 5.74) is 0. The number of allylic oxidation sites excluding steroid dienone is 8. The first-order chi connectivity index (χ1) is 39.5. The molecule has 0 aliphatic rings. The second-order valence-corrected chi connectivity index (χ2v) is 24.1. The standard InChI is InChI=1S/C74H136O6/c1-4-7-10-13-16-19-22-25-28-31-33-34-35-36-37-38-39-41-43-46-49-52-55-58-61-64-67-73(76)79-70-71(69-78-72(75)66-63-60-57-54-51-48-45-42-30-27-24-21-18-15-12-9-6-3)80-74(77)68-65-62-59-56-53-50-47-44-40-32-29-26-23-20-17-14-11-8-5-2/h9,12,18,21,27,30,45,48,71H,4-8,10-11,13-17,19-20,22-26,28-29,31-44,46-47,49-70H2,1-3H3/b12-9-,21-18-,30-27-,48-45-. The van der Waals surface area contributed by atoms with E-state index in [1.807, 2.05) is 0 Å². The normalized spacial score (nSPS) is 12.3. The molecule has 0 aliphatic carbocycles. The molecule has 0 heterocycles. The van der Waals surface area contributed by atoms with Crippen LogP contribution in [0.4, 0.5) is 0 Å². The fraction of sp³-hybridized carbons (Fsp3) is 0.851. The molecule has 6 heteroatoms. The molecule has 0 aliphatic heterocycles. The predicted molar refractivity (Wildman–Crippen MR) is 349 cm³/mol. The van der Waals surface area contributed by atoms with Gasteiger partial charge in [0.1, 0.15) is 13.2 Å². The van der Waals surface area contributed by atoms with Gasteiger partial charge in [-0.25, -0.2) is 0 Å². The van der Waals surface area contributed by atoms with Crippen molar-refractivity contribution < 1.29 is 28.6 Å². The molecule has 1 unspecified atom stereocenters. The van der Waals surface area contributed by atoms with Crippen molar-refractivity contribution in [3.8, 4) is 0 Å². The first-order valence-corrected chi connectivity index (χ1v) is 35.6. The summed E-state index contributed by atoms with van der Waals surface area (Å²) >= 11 is 0. The van der Waals surface area contributed by atoms with E-state index in [0.29, 0.717) is 19.3 Å². The fourth-order valence-electron chi connectivity index (χ4n) is 10.8. The highest BCUT2D eigenvalue weighted by Gasteiger charge is 2.19. The van der Waals surface area contributed by atoms with Crippen molar-refractivity contribution in [2.45, 2.75) is 393 Å². The second kappa shape index (κ2) is 68.9. The van der Waals surface area contributed by atoms with Gasteiger partial charge < -0.3 is 14.2 Å². The lowest BCUT2D eigenvalue weighted by atomic mass is 10.0. The number of rotatable bonds is 66. The molecule has 0 N–H and O–H groups in total. The van der Waals surface area contributed by atoms with E-state index in [4.69, 9.17) is 14.2 Å².